The predicted octanol–water partition coefficient (Wildman–Crippen LogP) is 3.21. The number of urea groups is 1. The molecule has 0 radical (unpaired) electrons. The van der Waals surface area contributed by atoms with E-state index < -0.39 is 0 Å². The van der Waals surface area contributed by atoms with E-state index in [0.29, 0.717) is 30.7 Å². The molecule has 1 aliphatic carbocycles. The summed E-state index contributed by atoms with van der Waals surface area (Å²) in [7, 11) is 1.58. The Labute approximate surface area is 138 Å². The highest BCUT2D eigenvalue weighted by molar-refractivity contribution is 5.88. The Balaban J connectivity index is 1.92. The highest BCUT2D eigenvalue weighted by Crippen LogP contribution is 2.55. The van der Waals surface area contributed by atoms with Crippen molar-refractivity contribution in [3.05, 3.63) is 18.1 Å². The first-order chi connectivity index (χ1) is 10.8. The van der Waals surface area contributed by atoms with Crippen molar-refractivity contribution in [1.82, 2.24) is 15.3 Å². The molecular weight excluding hydrogens is 292 g/mol. The second kappa shape index (κ2) is 6.83. The molecule has 0 unspecified atom stereocenters. The van der Waals surface area contributed by atoms with Gasteiger partial charge in [0.15, 0.2) is 5.82 Å². The van der Waals surface area contributed by atoms with Crippen molar-refractivity contribution in [2.24, 2.45) is 16.7 Å². The number of hydrogen-bond donors (Lipinski definition) is 2. The van der Waals surface area contributed by atoms with E-state index in [1.807, 2.05) is 0 Å². The molecule has 1 fully saturated rings. The number of nitrogens with one attached hydrogen (secondary N) is 2. The predicted molar refractivity (Wildman–Crippen MR) is 90.1 cm³/mol. The van der Waals surface area contributed by atoms with Gasteiger partial charge in [0.25, 0.3) is 0 Å². The smallest absolute Gasteiger partial charge is 0.320 e. The zero-order chi connectivity index (χ0) is 17.1. The lowest BCUT2D eigenvalue weighted by Gasteiger charge is -2.41. The number of amides is 2. The molecule has 6 nitrogen and oxygen atoms in total. The summed E-state index contributed by atoms with van der Waals surface area (Å²) in [5, 5.41) is 5.76. The molecule has 1 aliphatic rings. The first-order valence-electron chi connectivity index (χ1n) is 8.14. The molecule has 1 saturated carbocycles. The third-order valence-electron chi connectivity index (χ3n) is 5.78. The maximum Gasteiger partial charge on any atom is 0.320 e. The Bertz CT molecular complexity index is 561. The van der Waals surface area contributed by atoms with Gasteiger partial charge < -0.3 is 10.1 Å². The van der Waals surface area contributed by atoms with E-state index in [9.17, 15) is 4.79 Å². The first kappa shape index (κ1) is 17.7. The summed E-state index contributed by atoms with van der Waals surface area (Å²) >= 11 is 0. The average molecular weight is 320 g/mol. The number of hydrogen-bond acceptors (Lipinski definition) is 4. The molecule has 1 aromatic heterocycles. The van der Waals surface area contributed by atoms with Gasteiger partial charge in [-0.05, 0) is 35.7 Å². The van der Waals surface area contributed by atoms with E-state index in [0.717, 1.165) is 6.42 Å². The summed E-state index contributed by atoms with van der Waals surface area (Å²) < 4.78 is 5.00. The van der Waals surface area contributed by atoms with E-state index in [-0.39, 0.29) is 16.9 Å². The van der Waals surface area contributed by atoms with Crippen molar-refractivity contribution in [3.8, 4) is 0 Å². The van der Waals surface area contributed by atoms with Crippen LogP contribution in [0.1, 0.15) is 46.4 Å². The molecule has 1 heterocycles. The first-order valence-corrected chi connectivity index (χ1v) is 8.14. The summed E-state index contributed by atoms with van der Waals surface area (Å²) in [6, 6.07) is 1.44. The molecule has 2 atom stereocenters. The lowest BCUT2D eigenvalue weighted by Crippen LogP contribution is -2.44. The van der Waals surface area contributed by atoms with Gasteiger partial charge in [-0.3, -0.25) is 5.32 Å². The second-order valence-corrected chi connectivity index (χ2v) is 7.32. The molecule has 0 aromatic carbocycles. The van der Waals surface area contributed by atoms with Crippen LogP contribution in [0.5, 0.6) is 0 Å². The number of anilines is 1. The highest BCUT2D eigenvalue weighted by Gasteiger charge is 2.49. The summed E-state index contributed by atoms with van der Waals surface area (Å²) in [5.41, 5.74) is 0.317. The van der Waals surface area contributed by atoms with Gasteiger partial charge in [0.05, 0.1) is 0 Å². The topological polar surface area (TPSA) is 76.1 Å². The zero-order valence-corrected chi connectivity index (χ0v) is 14.8. The molecular formula is C17H28N4O2. The minimum atomic E-state index is -0.233. The Kier molecular flexibility index (Phi) is 5.24. The molecule has 0 spiro atoms. The Morgan fingerprint density at radius 2 is 2.17 bits per heavy atom. The SMILES string of the molecule is COCc1nccc(NC(=O)NC[C@]2(C)CC[C@H](C)C2(C)C)n1. The number of nitrogens with zero attached hydrogens (tertiary/aromatic N) is 2. The minimum Gasteiger partial charge on any atom is -0.377 e. The van der Waals surface area contributed by atoms with E-state index in [4.69, 9.17) is 4.74 Å². The number of methoxy groups -OCH3 is 1. The number of carbonyl (C=O) groups excluding carboxylic acids is 1. The van der Waals surface area contributed by atoms with Gasteiger partial charge in [-0.1, -0.05) is 27.7 Å². The highest BCUT2D eigenvalue weighted by atomic mass is 16.5. The summed E-state index contributed by atoms with van der Waals surface area (Å²) in [6.45, 7) is 10.1. The van der Waals surface area contributed by atoms with Crippen LogP contribution in [-0.4, -0.2) is 29.7 Å². The van der Waals surface area contributed by atoms with Crippen LogP contribution in [0.15, 0.2) is 12.3 Å². The average Bonchev–Trinajstić information content (AvgIpc) is 2.70. The molecule has 2 N–H and O–H groups in total. The van der Waals surface area contributed by atoms with Crippen molar-refractivity contribution in [2.75, 3.05) is 19.0 Å². The monoisotopic (exact) mass is 320 g/mol. The van der Waals surface area contributed by atoms with Crippen molar-refractivity contribution >= 4 is 11.8 Å². The van der Waals surface area contributed by atoms with Gasteiger partial charge >= 0.3 is 6.03 Å². The Morgan fingerprint density at radius 3 is 2.78 bits per heavy atom. The van der Waals surface area contributed by atoms with E-state index in [1.54, 1.807) is 19.4 Å². The van der Waals surface area contributed by atoms with Gasteiger partial charge in [-0.15, -0.1) is 0 Å². The number of rotatable bonds is 5. The fourth-order valence-electron chi connectivity index (χ4n) is 3.23. The fraction of sp³-hybridized carbons (Fsp3) is 0.706. The van der Waals surface area contributed by atoms with E-state index >= 15 is 0 Å². The summed E-state index contributed by atoms with van der Waals surface area (Å²) in [6.07, 6.45) is 3.95. The molecule has 128 valence electrons. The summed E-state index contributed by atoms with van der Waals surface area (Å²) in [5.74, 6) is 1.69. The van der Waals surface area contributed by atoms with Crippen LogP contribution in [0.2, 0.25) is 0 Å². The normalized spacial score (nSPS) is 26.0. The lowest BCUT2D eigenvalue weighted by atomic mass is 9.66. The van der Waals surface area contributed by atoms with Crippen LogP contribution in [-0.2, 0) is 11.3 Å². The van der Waals surface area contributed by atoms with Crippen LogP contribution < -0.4 is 10.6 Å². The third kappa shape index (κ3) is 3.80. The maximum absolute atomic E-state index is 12.2. The van der Waals surface area contributed by atoms with Crippen LogP contribution in [0, 0.1) is 16.7 Å². The maximum atomic E-state index is 12.2. The van der Waals surface area contributed by atoms with Crippen LogP contribution in [0.3, 0.4) is 0 Å². The van der Waals surface area contributed by atoms with Crippen molar-refractivity contribution in [1.29, 1.82) is 0 Å². The molecule has 0 saturated heterocycles. The van der Waals surface area contributed by atoms with Crippen LogP contribution in [0.4, 0.5) is 10.6 Å². The van der Waals surface area contributed by atoms with Gasteiger partial charge in [0, 0.05) is 19.9 Å². The molecule has 0 bridgehead atoms. The largest absolute Gasteiger partial charge is 0.377 e. The lowest BCUT2D eigenvalue weighted by molar-refractivity contribution is 0.0972. The molecule has 2 amide bonds. The third-order valence-corrected chi connectivity index (χ3v) is 5.78. The molecule has 2 rings (SSSR count). The van der Waals surface area contributed by atoms with Crippen molar-refractivity contribution < 1.29 is 9.53 Å². The fourth-order valence-corrected chi connectivity index (χ4v) is 3.23. The number of carbonyl (C=O) groups is 1. The second-order valence-electron chi connectivity index (χ2n) is 7.32. The van der Waals surface area contributed by atoms with Gasteiger partial charge in [-0.2, -0.15) is 0 Å². The molecule has 6 heteroatoms. The van der Waals surface area contributed by atoms with Gasteiger partial charge in [-0.25, -0.2) is 14.8 Å². The standard InChI is InChI=1S/C17H28N4O2/c1-12-6-8-17(4,16(12,2)3)11-19-15(22)21-13-7-9-18-14(20-13)10-23-5/h7,9,12H,6,8,10-11H2,1-5H3,(H2,18,19,20,21,22)/t12-,17-/m0/s1. The quantitative estimate of drug-likeness (QED) is 0.873. The minimum absolute atomic E-state index is 0.108. The van der Waals surface area contributed by atoms with E-state index in [2.05, 4.69) is 48.3 Å². The number of aromatic nitrogens is 2. The zero-order valence-electron chi connectivity index (χ0n) is 14.8. The van der Waals surface area contributed by atoms with Crippen LogP contribution in [0.25, 0.3) is 0 Å². The molecule has 23 heavy (non-hydrogen) atoms. The van der Waals surface area contributed by atoms with Gasteiger partial charge in [0.2, 0.25) is 0 Å². The molecule has 1 aromatic rings. The Morgan fingerprint density at radius 1 is 1.43 bits per heavy atom. The van der Waals surface area contributed by atoms with Crippen molar-refractivity contribution in [2.45, 2.75) is 47.1 Å². The molecule has 0 aliphatic heterocycles. The van der Waals surface area contributed by atoms with E-state index in [1.165, 1.54) is 6.42 Å². The van der Waals surface area contributed by atoms with Gasteiger partial charge in [0.1, 0.15) is 12.4 Å². The number of ether oxygens (including phenoxy) is 1. The Hall–Kier alpha value is -1.69. The summed E-state index contributed by atoms with van der Waals surface area (Å²) in [4.78, 5) is 20.5. The van der Waals surface area contributed by atoms with Crippen LogP contribution >= 0.6 is 0 Å². The van der Waals surface area contributed by atoms with Crippen molar-refractivity contribution in [3.63, 3.8) is 0 Å².